The number of anilines is 2. The van der Waals surface area contributed by atoms with Crippen LogP contribution < -0.4 is 9.21 Å². The minimum absolute atomic E-state index is 0.112. The fraction of sp³-hybridized carbons (Fsp3) is 0.438. The van der Waals surface area contributed by atoms with E-state index in [1.54, 1.807) is 25.1 Å². The van der Waals surface area contributed by atoms with Crippen LogP contribution in [-0.2, 0) is 27.7 Å². The van der Waals surface area contributed by atoms with Gasteiger partial charge >= 0.3 is 0 Å². The molecule has 7 nitrogen and oxygen atoms in total. The van der Waals surface area contributed by atoms with Crippen LogP contribution >= 0.6 is 11.6 Å². The van der Waals surface area contributed by atoms with Gasteiger partial charge in [0.15, 0.2) is 0 Å². The Morgan fingerprint density at radius 3 is 2.37 bits per heavy atom. The Morgan fingerprint density at radius 2 is 1.66 bits per heavy atom. The van der Waals surface area contributed by atoms with Crippen LogP contribution in [0.15, 0.2) is 65.8 Å². The molecule has 3 aliphatic heterocycles. The van der Waals surface area contributed by atoms with Crippen LogP contribution in [-0.4, -0.2) is 56.9 Å². The van der Waals surface area contributed by atoms with E-state index in [0.717, 1.165) is 75.8 Å². The van der Waals surface area contributed by atoms with E-state index in [4.69, 9.17) is 11.6 Å². The molecule has 0 radical (unpaired) electrons. The molecule has 6 rings (SSSR count). The molecule has 2 fully saturated rings. The summed E-state index contributed by atoms with van der Waals surface area (Å²) >= 11 is 6.37. The summed E-state index contributed by atoms with van der Waals surface area (Å²) in [5.74, 6) is 0.112. The fourth-order valence-corrected chi connectivity index (χ4v) is 9.13. The van der Waals surface area contributed by atoms with E-state index in [0.29, 0.717) is 23.2 Å². The summed E-state index contributed by atoms with van der Waals surface area (Å²) in [6.07, 6.45) is 9.90. The maximum absolute atomic E-state index is 13.8. The second kappa shape index (κ2) is 11.3. The van der Waals surface area contributed by atoms with Crippen molar-refractivity contribution in [3.8, 4) is 0 Å². The monoisotopic (exact) mass is 592 g/mol. The van der Waals surface area contributed by atoms with Gasteiger partial charge in [-0.2, -0.15) is 0 Å². The fourth-order valence-electron chi connectivity index (χ4n) is 6.81. The molecule has 216 valence electrons. The molecule has 2 aromatic carbocycles. The van der Waals surface area contributed by atoms with Crippen molar-refractivity contribution in [2.75, 3.05) is 41.9 Å². The number of carbonyl (C=O) groups excluding carboxylic acids is 1. The molecule has 3 aliphatic rings. The highest BCUT2D eigenvalue weighted by atomic mass is 35.5. The van der Waals surface area contributed by atoms with Crippen molar-refractivity contribution < 1.29 is 13.2 Å². The lowest BCUT2D eigenvalue weighted by atomic mass is 9.71. The van der Waals surface area contributed by atoms with Crippen molar-refractivity contribution >= 4 is 38.9 Å². The molecule has 0 bridgehead atoms. The van der Waals surface area contributed by atoms with Gasteiger partial charge < -0.3 is 9.80 Å². The summed E-state index contributed by atoms with van der Waals surface area (Å²) in [5.41, 5.74) is 4.68. The number of aryl methyl sites for hydroxylation is 2. The Bertz CT molecular complexity index is 1510. The molecule has 1 spiro atoms. The highest BCUT2D eigenvalue weighted by Gasteiger charge is 2.39. The topological polar surface area (TPSA) is 73.8 Å². The van der Waals surface area contributed by atoms with Gasteiger partial charge in [0.1, 0.15) is 4.90 Å². The number of carbonyl (C=O) groups is 1. The van der Waals surface area contributed by atoms with Crippen LogP contribution in [0, 0.1) is 12.3 Å². The van der Waals surface area contributed by atoms with E-state index >= 15 is 0 Å². The van der Waals surface area contributed by atoms with Gasteiger partial charge in [-0.05, 0) is 91.8 Å². The molecule has 9 heteroatoms. The third-order valence-electron chi connectivity index (χ3n) is 9.32. The van der Waals surface area contributed by atoms with Gasteiger partial charge in [0.2, 0.25) is 5.91 Å². The van der Waals surface area contributed by atoms with Crippen LogP contribution in [0.4, 0.5) is 11.4 Å². The van der Waals surface area contributed by atoms with Crippen molar-refractivity contribution in [3.05, 3.63) is 82.6 Å². The number of rotatable bonds is 5. The zero-order valence-corrected chi connectivity index (χ0v) is 25.1. The van der Waals surface area contributed by atoms with Crippen LogP contribution in [0.2, 0.25) is 5.02 Å². The summed E-state index contributed by atoms with van der Waals surface area (Å²) in [7, 11) is -3.84. The van der Waals surface area contributed by atoms with Crippen LogP contribution in [0.1, 0.15) is 48.8 Å². The number of piperidine rings is 2. The molecule has 0 aliphatic carbocycles. The first-order valence-corrected chi connectivity index (χ1v) is 16.4. The maximum Gasteiger partial charge on any atom is 0.266 e. The highest BCUT2D eigenvalue weighted by Crippen LogP contribution is 2.42. The maximum atomic E-state index is 13.8. The summed E-state index contributed by atoms with van der Waals surface area (Å²) in [5, 5.41) is 0.231. The zero-order valence-electron chi connectivity index (χ0n) is 23.6. The second-order valence-electron chi connectivity index (χ2n) is 11.8. The average Bonchev–Trinajstić information content (AvgIpc) is 2.98. The number of hydrogen-bond donors (Lipinski definition) is 0. The van der Waals surface area contributed by atoms with Crippen molar-refractivity contribution in [3.63, 3.8) is 0 Å². The quantitative estimate of drug-likeness (QED) is 0.383. The predicted octanol–water partition coefficient (Wildman–Crippen LogP) is 5.64. The van der Waals surface area contributed by atoms with Gasteiger partial charge in [-0.25, -0.2) is 8.42 Å². The van der Waals surface area contributed by atoms with E-state index in [1.165, 1.54) is 9.99 Å². The summed E-state index contributed by atoms with van der Waals surface area (Å²) < 4.78 is 29.0. The lowest BCUT2D eigenvalue weighted by Crippen LogP contribution is -2.48. The first kappa shape index (κ1) is 28.0. The molecule has 1 aromatic heterocycles. The zero-order chi connectivity index (χ0) is 28.6. The molecule has 1 amide bonds. The molecule has 0 saturated carbocycles. The third kappa shape index (κ3) is 5.56. The molecular formula is C32H37ClN4O3S. The molecule has 0 N–H and O–H groups in total. The van der Waals surface area contributed by atoms with Crippen molar-refractivity contribution in [2.24, 2.45) is 5.41 Å². The second-order valence-corrected chi connectivity index (χ2v) is 14.0. The van der Waals surface area contributed by atoms with Crippen molar-refractivity contribution in [1.29, 1.82) is 0 Å². The normalized spacial score (nSPS) is 18.8. The number of nitrogens with zero attached hydrogens (tertiary/aromatic N) is 4. The Hall–Kier alpha value is -3.10. The minimum atomic E-state index is -3.84. The Kier molecular flexibility index (Phi) is 7.72. The molecular weight excluding hydrogens is 556 g/mol. The summed E-state index contributed by atoms with van der Waals surface area (Å²) in [6, 6.07) is 15.2. The van der Waals surface area contributed by atoms with E-state index in [-0.39, 0.29) is 22.2 Å². The molecule has 3 aromatic rings. The lowest BCUT2D eigenvalue weighted by molar-refractivity contribution is -0.133. The summed E-state index contributed by atoms with van der Waals surface area (Å²) in [4.78, 5) is 22.1. The van der Waals surface area contributed by atoms with Gasteiger partial charge in [0.25, 0.3) is 10.0 Å². The van der Waals surface area contributed by atoms with Gasteiger partial charge in [-0.3, -0.25) is 14.1 Å². The molecule has 2 saturated heterocycles. The van der Waals surface area contributed by atoms with Crippen LogP contribution in [0.3, 0.4) is 0 Å². The number of benzene rings is 2. The van der Waals surface area contributed by atoms with E-state index in [1.807, 2.05) is 35.5 Å². The number of fused-ring (bicyclic) bond motifs is 1. The van der Waals surface area contributed by atoms with E-state index in [9.17, 15) is 13.2 Å². The number of aromatic nitrogens is 1. The lowest BCUT2D eigenvalue weighted by Gasteiger charge is -2.47. The van der Waals surface area contributed by atoms with Crippen LogP contribution in [0.25, 0.3) is 0 Å². The average molecular weight is 593 g/mol. The Labute approximate surface area is 248 Å². The minimum Gasteiger partial charge on any atom is -0.371 e. The van der Waals surface area contributed by atoms with Crippen molar-refractivity contribution in [2.45, 2.75) is 56.8 Å². The molecule has 41 heavy (non-hydrogen) atoms. The number of likely N-dealkylation sites (tertiary alicyclic amines) is 1. The predicted molar refractivity (Wildman–Crippen MR) is 163 cm³/mol. The Morgan fingerprint density at radius 1 is 0.951 bits per heavy atom. The molecule has 0 unspecified atom stereocenters. The number of hydrogen-bond acceptors (Lipinski definition) is 5. The smallest absolute Gasteiger partial charge is 0.266 e. The Balaban J connectivity index is 1.11. The third-order valence-corrected chi connectivity index (χ3v) is 11.8. The van der Waals surface area contributed by atoms with Crippen LogP contribution in [0.5, 0.6) is 0 Å². The SMILES string of the molecule is Cc1cccc(Cl)c1S(=O)(=O)N1CCCc2ccc(CC(=O)N3CCC4(CC3)CCN(c3ccncc3)CC4)cc21. The first-order valence-electron chi connectivity index (χ1n) is 14.6. The standard InChI is InChI=1S/C32H37ClN4O3S/c1-24-4-2-6-28(33)31(24)41(39,40)37-17-3-5-26-8-7-25(22-29(26)37)23-30(38)36-20-13-32(14-21-36)11-18-35(19-12-32)27-9-15-34-16-10-27/h2,4,6-10,15-16,22H,3,5,11-14,17-21,23H2,1H3. The van der Waals surface area contributed by atoms with Gasteiger partial charge in [0, 0.05) is 50.8 Å². The number of pyridine rings is 1. The highest BCUT2D eigenvalue weighted by molar-refractivity contribution is 7.93. The molecule has 4 heterocycles. The largest absolute Gasteiger partial charge is 0.371 e. The molecule has 0 atom stereocenters. The van der Waals surface area contributed by atoms with E-state index < -0.39 is 10.0 Å². The van der Waals surface area contributed by atoms with Gasteiger partial charge in [-0.1, -0.05) is 35.9 Å². The van der Waals surface area contributed by atoms with Gasteiger partial charge in [-0.15, -0.1) is 0 Å². The van der Waals surface area contributed by atoms with E-state index in [2.05, 4.69) is 22.0 Å². The number of sulfonamides is 1. The number of amides is 1. The summed E-state index contributed by atoms with van der Waals surface area (Å²) in [6.45, 7) is 5.81. The number of halogens is 1. The first-order chi connectivity index (χ1) is 19.8. The van der Waals surface area contributed by atoms with Gasteiger partial charge in [0.05, 0.1) is 17.1 Å². The van der Waals surface area contributed by atoms with Crippen molar-refractivity contribution in [1.82, 2.24) is 9.88 Å².